The summed E-state index contributed by atoms with van der Waals surface area (Å²) in [6.07, 6.45) is -0.560. The van der Waals surface area contributed by atoms with Crippen molar-refractivity contribution in [3.05, 3.63) is 192 Å². The Bertz CT molecular complexity index is 3770. The summed E-state index contributed by atoms with van der Waals surface area (Å²) in [6, 6.07) is 35.6. The number of nitrogens with zero attached hydrogens (tertiary/aromatic N) is 3. The average molecular weight is 1060 g/mol. The molecule has 0 bridgehead atoms. The summed E-state index contributed by atoms with van der Waals surface area (Å²) in [5.74, 6) is 0.420. The van der Waals surface area contributed by atoms with Crippen LogP contribution in [0.1, 0.15) is 99.6 Å². The minimum absolute atomic E-state index is 0. The number of benzene rings is 7. The predicted molar refractivity (Wildman–Crippen MR) is 273 cm³/mol. The van der Waals surface area contributed by atoms with Gasteiger partial charge in [-0.05, 0) is 92.3 Å². The molecule has 7 aromatic carbocycles. The van der Waals surface area contributed by atoms with E-state index in [1.54, 1.807) is 12.1 Å². The molecule has 0 spiro atoms. The Labute approximate surface area is 421 Å². The summed E-state index contributed by atoms with van der Waals surface area (Å²) in [5, 5.41) is 12.7. The fraction of sp³-hybridized carbons (Fsp3) is 0.213. The average Bonchev–Trinajstić information content (AvgIpc) is 3.82. The second-order valence-electron chi connectivity index (χ2n) is 19.7. The number of aromatic hydroxyl groups is 1. The van der Waals surface area contributed by atoms with Gasteiger partial charge in [-0.1, -0.05) is 189 Å². The van der Waals surface area contributed by atoms with Crippen molar-refractivity contribution in [3.8, 4) is 78.6 Å². The Morgan fingerprint density at radius 2 is 1.23 bits per heavy atom. The van der Waals surface area contributed by atoms with Gasteiger partial charge in [0.15, 0.2) is 0 Å². The summed E-state index contributed by atoms with van der Waals surface area (Å²) < 4.78 is 98.5. The molecular formula is C61H58N3OPt-. The van der Waals surface area contributed by atoms with Gasteiger partial charge in [0, 0.05) is 48.2 Å². The van der Waals surface area contributed by atoms with Crippen LogP contribution in [-0.4, -0.2) is 19.6 Å². The Hall–Kier alpha value is -6.35. The standard InChI is InChI=1S/C61H58N3O.Pt/c1-39-31-50(42-25-18-13-19-26-42)55(38-49(39)41-23-16-12-17-24-41)64-54-28-20-27-48(56(54)63-58(64)51-36-47(60(5,6)7)37-52(57(51)65)61(8,9)10)44-32-45(34-46(33-44)59(2,3)4)53-35-43(29-30-62-53)40-21-14-11-15-22-40;/h11-31,33-38,65H,1-10H3;/q-1;/i1D3,11D,14D,15D,21D,22D,29D,30D,35D;. The van der Waals surface area contributed by atoms with Gasteiger partial charge >= 0.3 is 0 Å². The van der Waals surface area contributed by atoms with Gasteiger partial charge in [0.1, 0.15) is 11.6 Å². The molecule has 9 rings (SSSR count). The largest absolute Gasteiger partial charge is 0.507 e. The molecule has 1 N–H and O–H groups in total. The van der Waals surface area contributed by atoms with Gasteiger partial charge in [-0.3, -0.25) is 9.55 Å². The number of hydrogen-bond donors (Lipinski definition) is 1. The monoisotopic (exact) mass is 1050 g/mol. The number of aryl methyl sites for hydroxylation is 1. The molecule has 334 valence electrons. The van der Waals surface area contributed by atoms with Crippen molar-refractivity contribution >= 4 is 11.0 Å². The van der Waals surface area contributed by atoms with Crippen LogP contribution < -0.4 is 0 Å². The van der Waals surface area contributed by atoms with E-state index in [2.05, 4.69) is 31.8 Å². The van der Waals surface area contributed by atoms with Gasteiger partial charge < -0.3 is 5.11 Å². The number of phenolic OH excluding ortho intramolecular Hbond substituents is 1. The summed E-state index contributed by atoms with van der Waals surface area (Å²) in [4.78, 5) is 10.0. The zero-order valence-corrected chi connectivity index (χ0v) is 40.8. The summed E-state index contributed by atoms with van der Waals surface area (Å²) in [7, 11) is 0. The molecule has 9 aromatic rings. The van der Waals surface area contributed by atoms with Gasteiger partial charge in [0.05, 0.1) is 33.3 Å². The van der Waals surface area contributed by atoms with E-state index in [1.165, 1.54) is 0 Å². The van der Waals surface area contributed by atoms with Crippen molar-refractivity contribution in [1.29, 1.82) is 0 Å². The third-order valence-corrected chi connectivity index (χ3v) is 11.9. The zero-order chi connectivity index (χ0) is 55.3. The fourth-order valence-corrected chi connectivity index (χ4v) is 8.25. The van der Waals surface area contributed by atoms with Crippen molar-refractivity contribution in [3.63, 3.8) is 0 Å². The van der Waals surface area contributed by atoms with E-state index in [9.17, 15) is 6.48 Å². The number of rotatable bonds is 7. The van der Waals surface area contributed by atoms with Crippen molar-refractivity contribution in [2.24, 2.45) is 0 Å². The minimum atomic E-state index is -2.52. The third-order valence-electron chi connectivity index (χ3n) is 11.9. The van der Waals surface area contributed by atoms with E-state index in [0.717, 1.165) is 16.7 Å². The van der Waals surface area contributed by atoms with Crippen LogP contribution in [0, 0.1) is 12.9 Å². The number of hydrogen-bond acceptors (Lipinski definition) is 3. The predicted octanol–water partition coefficient (Wildman–Crippen LogP) is 16.1. The first kappa shape index (κ1) is 34.0. The molecule has 0 aliphatic carbocycles. The Morgan fingerprint density at radius 1 is 0.591 bits per heavy atom. The van der Waals surface area contributed by atoms with Crippen molar-refractivity contribution in [1.82, 2.24) is 14.5 Å². The first-order valence-electron chi connectivity index (χ1n) is 27.3. The van der Waals surface area contributed by atoms with Crippen LogP contribution in [0.15, 0.2) is 164 Å². The van der Waals surface area contributed by atoms with Gasteiger partial charge in [0.2, 0.25) is 0 Å². The fourth-order valence-electron chi connectivity index (χ4n) is 8.25. The van der Waals surface area contributed by atoms with Crippen molar-refractivity contribution < 1.29 is 41.3 Å². The summed E-state index contributed by atoms with van der Waals surface area (Å²) in [6.45, 7) is 16.0. The number of pyridine rings is 1. The molecule has 0 unspecified atom stereocenters. The summed E-state index contributed by atoms with van der Waals surface area (Å²) >= 11 is 0. The van der Waals surface area contributed by atoms with E-state index < -0.39 is 66.2 Å². The normalized spacial score (nSPS) is 14.6. The number of para-hydroxylation sites is 1. The summed E-state index contributed by atoms with van der Waals surface area (Å²) in [5.41, 5.74) is 6.49. The molecule has 0 aliphatic rings. The van der Waals surface area contributed by atoms with Crippen molar-refractivity contribution in [2.75, 3.05) is 0 Å². The molecule has 0 fully saturated rings. The molecule has 0 atom stereocenters. The molecule has 0 saturated heterocycles. The molecule has 0 aliphatic heterocycles. The maximum absolute atomic E-state index is 12.7. The number of imidazole rings is 1. The SMILES string of the molecule is [2H]c1nc(-c2[c-]c(-c3cccc4c3nc(-c3cc(C(C)(C)C)cc(C(C)(C)C)c3O)n4-c3cc(-c4ccccc4)c(C([2H])([2H])[2H])cc3-c3ccccc3)cc(C(C)(C)C)c2)c([2H])c(-c2c([2H])c([2H])c([2H])c([2H])c2[2H])c1[2H].[Pt]. The van der Waals surface area contributed by atoms with Crippen LogP contribution in [0.3, 0.4) is 0 Å². The second-order valence-corrected chi connectivity index (χ2v) is 19.7. The number of aromatic nitrogens is 3. The Kier molecular flexibility index (Phi) is 9.18. The van der Waals surface area contributed by atoms with Crippen LogP contribution >= 0.6 is 0 Å². The van der Waals surface area contributed by atoms with Crippen LogP contribution in [0.5, 0.6) is 5.75 Å². The van der Waals surface area contributed by atoms with E-state index in [-0.39, 0.29) is 60.2 Å². The Balaban J connectivity index is 0.00000784. The van der Waals surface area contributed by atoms with Crippen LogP contribution in [0.2, 0.25) is 0 Å². The maximum Gasteiger partial charge on any atom is 0.148 e. The molecule has 0 saturated carbocycles. The van der Waals surface area contributed by atoms with Gasteiger partial charge in [-0.15, -0.1) is 29.3 Å². The smallest absolute Gasteiger partial charge is 0.148 e. The van der Waals surface area contributed by atoms with Crippen LogP contribution in [0.4, 0.5) is 0 Å². The Morgan fingerprint density at radius 3 is 1.86 bits per heavy atom. The van der Waals surface area contributed by atoms with Crippen molar-refractivity contribution in [2.45, 2.75) is 85.4 Å². The molecule has 0 amide bonds. The van der Waals surface area contributed by atoms with E-state index in [1.807, 2.05) is 149 Å². The van der Waals surface area contributed by atoms with E-state index >= 15 is 0 Å². The molecule has 2 aromatic heterocycles. The van der Waals surface area contributed by atoms with E-state index in [0.29, 0.717) is 61.5 Å². The zero-order valence-electron chi connectivity index (χ0n) is 49.6. The molecular weight excluding hydrogens is 986 g/mol. The number of phenols is 1. The first-order valence-corrected chi connectivity index (χ1v) is 21.8. The first-order chi connectivity index (χ1) is 35.5. The maximum atomic E-state index is 12.7. The van der Waals surface area contributed by atoms with E-state index in [4.69, 9.17) is 18.7 Å². The quantitative estimate of drug-likeness (QED) is 0.162. The third kappa shape index (κ3) is 8.97. The molecule has 0 radical (unpaired) electrons. The second kappa shape index (κ2) is 17.8. The topological polar surface area (TPSA) is 50.9 Å². The van der Waals surface area contributed by atoms with Gasteiger partial charge in [-0.2, -0.15) is 0 Å². The molecule has 2 heterocycles. The van der Waals surface area contributed by atoms with Gasteiger partial charge in [0.25, 0.3) is 0 Å². The minimum Gasteiger partial charge on any atom is -0.507 e. The molecule has 66 heavy (non-hydrogen) atoms. The molecule has 4 nitrogen and oxygen atoms in total. The molecule has 5 heteroatoms. The number of fused-ring (bicyclic) bond motifs is 1. The van der Waals surface area contributed by atoms with Gasteiger partial charge in [-0.25, -0.2) is 4.98 Å². The van der Waals surface area contributed by atoms with Crippen LogP contribution in [0.25, 0.3) is 83.9 Å². The van der Waals surface area contributed by atoms with Crippen LogP contribution in [-0.2, 0) is 37.3 Å².